The summed E-state index contributed by atoms with van der Waals surface area (Å²) in [6.45, 7) is 1.79. The highest BCUT2D eigenvalue weighted by Gasteiger charge is 2.44. The Morgan fingerprint density at radius 3 is 2.50 bits per heavy atom. The van der Waals surface area contributed by atoms with Crippen LogP contribution in [0.4, 0.5) is 5.82 Å². The van der Waals surface area contributed by atoms with E-state index in [1.807, 2.05) is 0 Å². The molecular formula is C20H29ClN5O5P. The Labute approximate surface area is 192 Å². The minimum absolute atomic E-state index is 0.0891. The van der Waals surface area contributed by atoms with Crippen molar-refractivity contribution in [3.05, 3.63) is 11.6 Å². The van der Waals surface area contributed by atoms with Crippen molar-refractivity contribution in [1.29, 1.82) is 0 Å². The van der Waals surface area contributed by atoms with E-state index in [0.717, 1.165) is 25.9 Å². The number of hydrogen-bond donors (Lipinski definition) is 4. The van der Waals surface area contributed by atoms with Crippen LogP contribution < -0.4 is 4.90 Å². The van der Waals surface area contributed by atoms with Crippen LogP contribution in [0.15, 0.2) is 6.33 Å². The van der Waals surface area contributed by atoms with Crippen molar-refractivity contribution < 1.29 is 24.7 Å². The zero-order chi connectivity index (χ0) is 22.5. The Kier molecular flexibility index (Phi) is 6.30. The van der Waals surface area contributed by atoms with Crippen LogP contribution >= 0.6 is 20.0 Å². The molecule has 4 atom stereocenters. The molecule has 0 radical (unpaired) electrons. The molecule has 32 heavy (non-hydrogen) atoms. The molecule has 2 aromatic rings. The average Bonchev–Trinajstić information content (AvgIpc) is 3.46. The van der Waals surface area contributed by atoms with E-state index in [1.54, 1.807) is 4.57 Å². The molecule has 4 N–H and O–H groups in total. The van der Waals surface area contributed by atoms with E-state index < -0.39 is 32.9 Å². The van der Waals surface area contributed by atoms with Gasteiger partial charge in [-0.15, -0.1) is 0 Å². The van der Waals surface area contributed by atoms with Crippen molar-refractivity contribution in [2.24, 2.45) is 5.41 Å². The zero-order valence-electron chi connectivity index (χ0n) is 17.7. The predicted octanol–water partition coefficient (Wildman–Crippen LogP) is 1.95. The number of halogens is 1. The molecular weight excluding hydrogens is 457 g/mol. The van der Waals surface area contributed by atoms with Gasteiger partial charge in [-0.25, -0.2) is 4.98 Å². The number of anilines is 1. The predicted molar refractivity (Wildman–Crippen MR) is 119 cm³/mol. The fourth-order valence-electron chi connectivity index (χ4n) is 5.54. The lowest BCUT2D eigenvalue weighted by Gasteiger charge is -2.39. The molecule has 12 heteroatoms. The summed E-state index contributed by atoms with van der Waals surface area (Å²) in [5, 5.41) is 21.1. The molecule has 1 aliphatic carbocycles. The summed E-state index contributed by atoms with van der Waals surface area (Å²) in [7, 11) is -2.10. The number of nitrogens with zero attached hydrogens (tertiary/aromatic N) is 5. The van der Waals surface area contributed by atoms with Gasteiger partial charge in [0.2, 0.25) is 5.28 Å². The van der Waals surface area contributed by atoms with Gasteiger partial charge in [0.25, 0.3) is 0 Å². The number of rotatable bonds is 5. The van der Waals surface area contributed by atoms with E-state index in [0.29, 0.717) is 22.4 Å². The minimum atomic E-state index is -2.10. The molecule has 0 amide bonds. The van der Waals surface area contributed by atoms with Crippen LogP contribution in [0.5, 0.6) is 0 Å². The lowest BCUT2D eigenvalue weighted by molar-refractivity contribution is -0.0354. The van der Waals surface area contributed by atoms with Crippen LogP contribution in [-0.2, 0) is 4.74 Å². The molecule has 4 heterocycles. The highest BCUT2D eigenvalue weighted by molar-refractivity contribution is 7.45. The number of aromatic nitrogens is 4. The monoisotopic (exact) mass is 485 g/mol. The standard InChI is InChI=1S/C20H29ClN5O5P/c21-19-23-16(25-8-6-20(7-9-25)4-1-2-5-20)13-17(24-19)26(11-22-13)18-15(28)14(27)12(31-18)3-10-32(29)30/h11-12,14-15,18,27-30H,1-10H2. The second-order valence-electron chi connectivity index (χ2n) is 9.27. The lowest BCUT2D eigenvalue weighted by Crippen LogP contribution is -2.39. The summed E-state index contributed by atoms with van der Waals surface area (Å²) in [4.78, 5) is 33.9. The van der Waals surface area contributed by atoms with Crippen LogP contribution in [-0.4, -0.2) is 77.1 Å². The first-order valence-electron chi connectivity index (χ1n) is 11.2. The zero-order valence-corrected chi connectivity index (χ0v) is 19.4. The number of piperidine rings is 1. The quantitative estimate of drug-likeness (QED) is 0.370. The molecule has 4 unspecified atom stereocenters. The van der Waals surface area contributed by atoms with E-state index in [2.05, 4.69) is 19.9 Å². The number of hydrogen-bond acceptors (Lipinski definition) is 9. The fraction of sp³-hybridized carbons (Fsp3) is 0.750. The van der Waals surface area contributed by atoms with E-state index in [-0.39, 0.29) is 17.9 Å². The second-order valence-corrected chi connectivity index (χ2v) is 10.8. The van der Waals surface area contributed by atoms with Crippen molar-refractivity contribution in [1.82, 2.24) is 19.5 Å². The Morgan fingerprint density at radius 1 is 1.09 bits per heavy atom. The van der Waals surface area contributed by atoms with Gasteiger partial charge in [-0.2, -0.15) is 9.97 Å². The molecule has 1 saturated carbocycles. The Hall–Kier alpha value is -1.13. The second kappa shape index (κ2) is 8.91. The highest BCUT2D eigenvalue weighted by atomic mass is 35.5. The van der Waals surface area contributed by atoms with Crippen molar-refractivity contribution in [2.75, 3.05) is 24.2 Å². The summed E-state index contributed by atoms with van der Waals surface area (Å²) in [6.07, 6.45) is 5.36. The van der Waals surface area contributed by atoms with E-state index in [4.69, 9.17) is 16.3 Å². The van der Waals surface area contributed by atoms with Gasteiger partial charge < -0.3 is 29.6 Å². The molecule has 0 bridgehead atoms. The summed E-state index contributed by atoms with van der Waals surface area (Å²) in [5.41, 5.74) is 1.49. The molecule has 1 spiro atoms. The lowest BCUT2D eigenvalue weighted by atomic mass is 9.77. The van der Waals surface area contributed by atoms with Crippen molar-refractivity contribution in [2.45, 2.75) is 69.5 Å². The fourth-order valence-corrected chi connectivity index (χ4v) is 6.19. The van der Waals surface area contributed by atoms with E-state index in [1.165, 1.54) is 32.0 Å². The molecule has 0 aromatic carbocycles. The first-order chi connectivity index (χ1) is 15.4. The molecule has 2 aliphatic heterocycles. The normalized spacial score (nSPS) is 30.2. The molecule has 3 fully saturated rings. The van der Waals surface area contributed by atoms with Crippen molar-refractivity contribution in [3.63, 3.8) is 0 Å². The third-order valence-electron chi connectivity index (χ3n) is 7.39. The minimum Gasteiger partial charge on any atom is -0.388 e. The first-order valence-corrected chi connectivity index (χ1v) is 13.0. The molecule has 3 aliphatic rings. The Bertz CT molecular complexity index is 961. The van der Waals surface area contributed by atoms with Gasteiger partial charge >= 0.3 is 0 Å². The van der Waals surface area contributed by atoms with Crippen LogP contribution in [0.3, 0.4) is 0 Å². The van der Waals surface area contributed by atoms with Gasteiger partial charge in [0.1, 0.15) is 12.2 Å². The SMILES string of the molecule is OC1C(CCP(O)O)OC(n2cnc3c(N4CCC5(CCCC5)CC4)nc(Cl)nc32)C1O. The topological polar surface area (TPSA) is 137 Å². The van der Waals surface area contributed by atoms with Crippen LogP contribution in [0.1, 0.15) is 51.2 Å². The van der Waals surface area contributed by atoms with Gasteiger partial charge in [-0.05, 0) is 49.1 Å². The number of ether oxygens (including phenoxy) is 1. The molecule has 5 rings (SSSR count). The first kappa shape index (κ1) is 22.7. The maximum atomic E-state index is 10.6. The number of fused-ring (bicyclic) bond motifs is 1. The summed E-state index contributed by atoms with van der Waals surface area (Å²) in [5.74, 6) is 0.683. The largest absolute Gasteiger partial charge is 0.388 e. The maximum absolute atomic E-state index is 10.6. The third kappa shape index (κ3) is 4.11. The summed E-state index contributed by atoms with van der Waals surface area (Å²) >= 11 is 6.28. The maximum Gasteiger partial charge on any atom is 0.226 e. The third-order valence-corrected chi connectivity index (χ3v) is 8.22. The van der Waals surface area contributed by atoms with Crippen LogP contribution in [0, 0.1) is 5.41 Å². The van der Waals surface area contributed by atoms with Crippen LogP contribution in [0.25, 0.3) is 11.2 Å². The summed E-state index contributed by atoms with van der Waals surface area (Å²) in [6, 6.07) is 0. The Balaban J connectivity index is 1.40. The molecule has 10 nitrogen and oxygen atoms in total. The van der Waals surface area contributed by atoms with Gasteiger partial charge in [-0.1, -0.05) is 12.8 Å². The molecule has 176 valence electrons. The van der Waals surface area contributed by atoms with Crippen LogP contribution in [0.2, 0.25) is 5.28 Å². The van der Waals surface area contributed by atoms with Gasteiger partial charge in [0.15, 0.2) is 31.6 Å². The number of aliphatic hydroxyl groups excluding tert-OH is 2. The van der Waals surface area contributed by atoms with Crippen molar-refractivity contribution in [3.8, 4) is 0 Å². The number of imidazole rings is 1. The van der Waals surface area contributed by atoms with Gasteiger partial charge in [0.05, 0.1) is 12.4 Å². The van der Waals surface area contributed by atoms with Gasteiger partial charge in [-0.3, -0.25) is 4.57 Å². The van der Waals surface area contributed by atoms with Crippen molar-refractivity contribution >= 4 is 37.0 Å². The summed E-state index contributed by atoms with van der Waals surface area (Å²) < 4.78 is 7.44. The highest BCUT2D eigenvalue weighted by Crippen LogP contribution is 2.47. The average molecular weight is 486 g/mol. The molecule has 2 saturated heterocycles. The number of aliphatic hydroxyl groups is 2. The van der Waals surface area contributed by atoms with E-state index in [9.17, 15) is 20.0 Å². The van der Waals surface area contributed by atoms with Gasteiger partial charge in [0, 0.05) is 19.3 Å². The molecule has 2 aromatic heterocycles. The Morgan fingerprint density at radius 2 is 1.81 bits per heavy atom. The van der Waals surface area contributed by atoms with E-state index >= 15 is 0 Å². The smallest absolute Gasteiger partial charge is 0.226 e.